The highest BCUT2D eigenvalue weighted by Gasteiger charge is 2.66. The second kappa shape index (κ2) is 3.62. The average molecular weight is 272 g/mol. The minimum atomic E-state index is -0.911. The van der Waals surface area contributed by atoms with Crippen molar-refractivity contribution in [2.24, 2.45) is 10.8 Å². The molecule has 0 unspecified atom stereocenters. The molecule has 0 radical (unpaired) electrons. The van der Waals surface area contributed by atoms with Crippen molar-refractivity contribution < 1.29 is 9.90 Å². The molecule has 0 aliphatic heterocycles. The highest BCUT2D eigenvalue weighted by atomic mass is 16.4. The van der Waals surface area contributed by atoms with Crippen molar-refractivity contribution in [3.05, 3.63) is 29.6 Å². The van der Waals surface area contributed by atoms with Crippen molar-refractivity contribution in [2.45, 2.75) is 40.7 Å². The van der Waals surface area contributed by atoms with E-state index in [4.69, 9.17) is 5.11 Å². The molecule has 0 saturated heterocycles. The second-order valence-corrected chi connectivity index (χ2v) is 6.88. The Morgan fingerprint density at radius 2 is 1.85 bits per heavy atom. The number of hydrogen-bond acceptors (Lipinski definition) is 2. The van der Waals surface area contributed by atoms with E-state index in [0.717, 1.165) is 16.9 Å². The summed E-state index contributed by atoms with van der Waals surface area (Å²) in [5, 5.41) is 9.07. The molecule has 106 valence electrons. The van der Waals surface area contributed by atoms with Crippen LogP contribution in [0.15, 0.2) is 18.2 Å². The molecular weight excluding hydrogens is 252 g/mol. The minimum Gasteiger partial charge on any atom is -0.478 e. The number of benzene rings is 1. The van der Waals surface area contributed by atoms with E-state index < -0.39 is 5.97 Å². The van der Waals surface area contributed by atoms with Crippen LogP contribution in [-0.2, 0) is 0 Å². The van der Waals surface area contributed by atoms with Gasteiger partial charge in [0.25, 0.3) is 0 Å². The lowest BCUT2D eigenvalue weighted by atomic mass is 10.0. The highest BCUT2D eigenvalue weighted by molar-refractivity contribution is 5.92. The van der Waals surface area contributed by atoms with Crippen LogP contribution < -0.4 is 0 Å². The fourth-order valence-corrected chi connectivity index (χ4v) is 3.49. The molecule has 20 heavy (non-hydrogen) atoms. The third kappa shape index (κ3) is 1.48. The Morgan fingerprint density at radius 3 is 2.35 bits per heavy atom. The number of fused-ring (bicyclic) bond motifs is 1. The monoisotopic (exact) mass is 272 g/mol. The maximum Gasteiger partial charge on any atom is 0.335 e. The maximum absolute atomic E-state index is 11.1. The van der Waals surface area contributed by atoms with Gasteiger partial charge in [0, 0.05) is 6.04 Å². The Hall–Kier alpha value is -1.84. The van der Waals surface area contributed by atoms with Crippen molar-refractivity contribution >= 4 is 17.0 Å². The fraction of sp³-hybridized carbons (Fsp3) is 0.500. The summed E-state index contributed by atoms with van der Waals surface area (Å²) in [6, 6.07) is 5.59. The third-order valence-electron chi connectivity index (χ3n) is 5.32. The first-order chi connectivity index (χ1) is 9.18. The van der Waals surface area contributed by atoms with Gasteiger partial charge in [-0.3, -0.25) is 0 Å². The van der Waals surface area contributed by atoms with E-state index in [0.29, 0.717) is 6.04 Å². The lowest BCUT2D eigenvalue weighted by Gasteiger charge is -2.09. The van der Waals surface area contributed by atoms with E-state index in [1.54, 1.807) is 12.1 Å². The molecule has 0 amide bonds. The van der Waals surface area contributed by atoms with E-state index in [1.165, 1.54) is 0 Å². The molecule has 1 fully saturated rings. The van der Waals surface area contributed by atoms with E-state index in [9.17, 15) is 4.79 Å². The minimum absolute atomic E-state index is 0.219. The van der Waals surface area contributed by atoms with Gasteiger partial charge < -0.3 is 9.67 Å². The number of aromatic nitrogens is 2. The lowest BCUT2D eigenvalue weighted by molar-refractivity contribution is 0.0697. The Morgan fingerprint density at radius 1 is 1.25 bits per heavy atom. The van der Waals surface area contributed by atoms with Gasteiger partial charge in [-0.05, 0) is 36.0 Å². The van der Waals surface area contributed by atoms with Crippen molar-refractivity contribution in [2.75, 3.05) is 0 Å². The summed E-state index contributed by atoms with van der Waals surface area (Å²) in [7, 11) is 0. The molecule has 0 atom stereocenters. The van der Waals surface area contributed by atoms with Crippen molar-refractivity contribution in [1.29, 1.82) is 0 Å². The van der Waals surface area contributed by atoms with Crippen LogP contribution in [0.5, 0.6) is 0 Å². The van der Waals surface area contributed by atoms with Gasteiger partial charge in [0.15, 0.2) is 0 Å². The number of rotatable bonds is 2. The van der Waals surface area contributed by atoms with Gasteiger partial charge in [-0.2, -0.15) is 0 Å². The SMILES string of the molecule is Cc1nc2cc(C(=O)O)ccc2n1C1C(C)(C)C1(C)C. The lowest BCUT2D eigenvalue weighted by Crippen LogP contribution is -2.03. The largest absolute Gasteiger partial charge is 0.478 e. The summed E-state index contributed by atoms with van der Waals surface area (Å²) in [5.41, 5.74) is 2.52. The molecule has 1 saturated carbocycles. The standard InChI is InChI=1S/C16H20N2O2/c1-9-17-11-8-10(13(19)20)6-7-12(11)18(9)14-15(2,3)16(14,4)5/h6-8,14H,1-5H3,(H,19,20). The van der Waals surface area contributed by atoms with E-state index in [-0.39, 0.29) is 16.4 Å². The zero-order valence-electron chi connectivity index (χ0n) is 12.6. The van der Waals surface area contributed by atoms with Crippen LogP contribution in [0.3, 0.4) is 0 Å². The zero-order valence-corrected chi connectivity index (χ0v) is 12.6. The van der Waals surface area contributed by atoms with Gasteiger partial charge in [0.2, 0.25) is 0 Å². The molecule has 1 heterocycles. The van der Waals surface area contributed by atoms with Crippen molar-refractivity contribution in [1.82, 2.24) is 9.55 Å². The summed E-state index contributed by atoms with van der Waals surface area (Å²) in [5.74, 6) is 0.0392. The van der Waals surface area contributed by atoms with Gasteiger partial charge in [-0.25, -0.2) is 9.78 Å². The van der Waals surface area contributed by atoms with Gasteiger partial charge >= 0.3 is 5.97 Å². The van der Waals surface area contributed by atoms with Crippen LogP contribution in [0.25, 0.3) is 11.0 Å². The number of carboxylic acid groups (broad SMARTS) is 1. The molecule has 1 aromatic heterocycles. The van der Waals surface area contributed by atoms with Gasteiger partial charge in [-0.15, -0.1) is 0 Å². The van der Waals surface area contributed by atoms with E-state index in [2.05, 4.69) is 37.2 Å². The molecule has 3 rings (SSSR count). The van der Waals surface area contributed by atoms with Crippen LogP contribution >= 0.6 is 0 Å². The normalized spacial score (nSPS) is 20.2. The smallest absolute Gasteiger partial charge is 0.335 e. The van der Waals surface area contributed by atoms with E-state index in [1.807, 2.05) is 13.0 Å². The number of imidazole rings is 1. The van der Waals surface area contributed by atoms with Gasteiger partial charge in [0.1, 0.15) is 5.82 Å². The summed E-state index contributed by atoms with van der Waals surface area (Å²) >= 11 is 0. The Balaban J connectivity index is 2.19. The highest BCUT2D eigenvalue weighted by Crippen LogP contribution is 2.71. The Kier molecular flexibility index (Phi) is 2.38. The maximum atomic E-state index is 11.1. The van der Waals surface area contributed by atoms with E-state index >= 15 is 0 Å². The summed E-state index contributed by atoms with van der Waals surface area (Å²) < 4.78 is 2.26. The topological polar surface area (TPSA) is 55.1 Å². The second-order valence-electron chi connectivity index (χ2n) is 6.88. The summed E-state index contributed by atoms with van der Waals surface area (Å²) in [4.78, 5) is 15.6. The molecule has 2 aromatic rings. The summed E-state index contributed by atoms with van der Waals surface area (Å²) in [6.45, 7) is 11.1. The van der Waals surface area contributed by atoms with Crippen LogP contribution in [0, 0.1) is 17.8 Å². The van der Waals surface area contributed by atoms with Crippen LogP contribution in [0.4, 0.5) is 0 Å². The molecule has 0 spiro atoms. The number of hydrogen-bond donors (Lipinski definition) is 1. The number of aryl methyl sites for hydroxylation is 1. The van der Waals surface area contributed by atoms with Crippen molar-refractivity contribution in [3.8, 4) is 0 Å². The number of aromatic carboxylic acids is 1. The number of carbonyl (C=O) groups is 1. The molecule has 1 aliphatic rings. The quantitative estimate of drug-likeness (QED) is 0.907. The first-order valence-corrected chi connectivity index (χ1v) is 6.90. The van der Waals surface area contributed by atoms with Crippen molar-refractivity contribution in [3.63, 3.8) is 0 Å². The predicted octanol–water partition coefficient (Wildman–Crippen LogP) is 3.65. The molecule has 4 nitrogen and oxygen atoms in total. The number of carboxylic acids is 1. The van der Waals surface area contributed by atoms with Crippen LogP contribution in [0.2, 0.25) is 0 Å². The number of nitrogens with zero attached hydrogens (tertiary/aromatic N) is 2. The first-order valence-electron chi connectivity index (χ1n) is 6.90. The molecular formula is C16H20N2O2. The third-order valence-corrected chi connectivity index (χ3v) is 5.32. The summed E-state index contributed by atoms with van der Waals surface area (Å²) in [6.07, 6.45) is 0. The van der Waals surface area contributed by atoms with Crippen LogP contribution in [-0.4, -0.2) is 20.6 Å². The fourth-order valence-electron chi connectivity index (χ4n) is 3.49. The zero-order chi connectivity index (χ0) is 14.9. The molecule has 4 heteroatoms. The molecule has 0 bridgehead atoms. The Labute approximate surface area is 118 Å². The van der Waals surface area contributed by atoms with Crippen LogP contribution in [0.1, 0.15) is 49.9 Å². The molecule has 1 aromatic carbocycles. The molecule has 1 aliphatic carbocycles. The van der Waals surface area contributed by atoms with Gasteiger partial charge in [0.05, 0.1) is 16.6 Å². The van der Waals surface area contributed by atoms with Gasteiger partial charge in [-0.1, -0.05) is 27.7 Å². The first kappa shape index (κ1) is 13.2. The predicted molar refractivity (Wildman–Crippen MR) is 78.0 cm³/mol. The average Bonchev–Trinajstić information content (AvgIpc) is 2.63. The molecule has 1 N–H and O–H groups in total. The Bertz CT molecular complexity index is 711.